The quantitative estimate of drug-likeness (QED) is 0.898. The van der Waals surface area contributed by atoms with E-state index in [1.165, 1.54) is 12.8 Å². The Balaban J connectivity index is 1.95. The van der Waals surface area contributed by atoms with Crippen molar-refractivity contribution >= 4 is 0 Å². The molecule has 1 aliphatic carbocycles. The van der Waals surface area contributed by atoms with Crippen LogP contribution in [0, 0.1) is 17.8 Å². The second kappa shape index (κ2) is 7.19. The van der Waals surface area contributed by atoms with Crippen molar-refractivity contribution in [1.82, 2.24) is 9.88 Å². The van der Waals surface area contributed by atoms with Crippen LogP contribution in [0.4, 0.5) is 0 Å². The first-order valence-electron chi connectivity index (χ1n) is 7.98. The molecule has 0 aromatic carbocycles. The summed E-state index contributed by atoms with van der Waals surface area (Å²) >= 11 is 0. The van der Waals surface area contributed by atoms with Crippen molar-refractivity contribution in [3.63, 3.8) is 0 Å². The van der Waals surface area contributed by atoms with Gasteiger partial charge in [0.1, 0.15) is 0 Å². The van der Waals surface area contributed by atoms with Gasteiger partial charge in [-0.2, -0.15) is 0 Å². The molecule has 2 rings (SSSR count). The van der Waals surface area contributed by atoms with Gasteiger partial charge in [0.15, 0.2) is 0 Å². The standard InChI is InChI=1S/C17H29N3/c1-4-20(11-15-7-5-6-8-19-15)12-16-14(3)9-13(2)10-17(16)18/h5-8,13-14,16-17H,4,9-12,18H2,1-3H3. The lowest BCUT2D eigenvalue weighted by molar-refractivity contribution is 0.116. The van der Waals surface area contributed by atoms with Crippen molar-refractivity contribution in [3.8, 4) is 0 Å². The molecule has 112 valence electrons. The molecule has 2 N–H and O–H groups in total. The summed E-state index contributed by atoms with van der Waals surface area (Å²) in [5.41, 5.74) is 7.57. The van der Waals surface area contributed by atoms with Gasteiger partial charge in [0, 0.05) is 25.3 Å². The van der Waals surface area contributed by atoms with Crippen LogP contribution < -0.4 is 5.73 Å². The van der Waals surface area contributed by atoms with Crippen LogP contribution >= 0.6 is 0 Å². The van der Waals surface area contributed by atoms with Crippen LogP contribution in [0.5, 0.6) is 0 Å². The smallest absolute Gasteiger partial charge is 0.0543 e. The molecule has 1 aromatic rings. The summed E-state index contributed by atoms with van der Waals surface area (Å²) in [6.07, 6.45) is 4.37. The van der Waals surface area contributed by atoms with Crippen LogP contribution in [-0.4, -0.2) is 29.0 Å². The first-order valence-corrected chi connectivity index (χ1v) is 7.98. The summed E-state index contributed by atoms with van der Waals surface area (Å²) < 4.78 is 0. The van der Waals surface area contributed by atoms with E-state index in [0.717, 1.165) is 37.2 Å². The number of nitrogens with zero attached hydrogens (tertiary/aromatic N) is 2. The molecule has 3 heteroatoms. The fraction of sp³-hybridized carbons (Fsp3) is 0.706. The third kappa shape index (κ3) is 4.03. The molecule has 0 radical (unpaired) electrons. The third-order valence-corrected chi connectivity index (χ3v) is 4.76. The van der Waals surface area contributed by atoms with Crippen LogP contribution in [0.2, 0.25) is 0 Å². The number of rotatable bonds is 5. The van der Waals surface area contributed by atoms with Crippen LogP contribution in [0.1, 0.15) is 39.3 Å². The first kappa shape index (κ1) is 15.5. The zero-order valence-corrected chi connectivity index (χ0v) is 13.1. The lowest BCUT2D eigenvalue weighted by Crippen LogP contribution is -2.46. The molecule has 0 spiro atoms. The molecule has 4 unspecified atom stereocenters. The summed E-state index contributed by atoms with van der Waals surface area (Å²) in [5.74, 6) is 2.13. The van der Waals surface area contributed by atoms with Gasteiger partial charge in [0.25, 0.3) is 0 Å². The van der Waals surface area contributed by atoms with Gasteiger partial charge < -0.3 is 5.73 Å². The average Bonchev–Trinajstić information content (AvgIpc) is 2.42. The van der Waals surface area contributed by atoms with Crippen LogP contribution in [0.25, 0.3) is 0 Å². The van der Waals surface area contributed by atoms with Gasteiger partial charge in [-0.05, 0) is 49.3 Å². The highest BCUT2D eigenvalue weighted by Crippen LogP contribution is 2.33. The number of aromatic nitrogens is 1. The molecule has 1 aromatic heterocycles. The largest absolute Gasteiger partial charge is 0.327 e. The normalized spacial score (nSPS) is 30.6. The molecule has 1 heterocycles. The molecule has 0 bridgehead atoms. The van der Waals surface area contributed by atoms with Crippen molar-refractivity contribution < 1.29 is 0 Å². The lowest BCUT2D eigenvalue weighted by Gasteiger charge is -2.40. The second-order valence-corrected chi connectivity index (χ2v) is 6.53. The Morgan fingerprint density at radius 1 is 1.30 bits per heavy atom. The minimum Gasteiger partial charge on any atom is -0.327 e. The van der Waals surface area contributed by atoms with Crippen molar-refractivity contribution in [2.45, 2.75) is 46.2 Å². The highest BCUT2D eigenvalue weighted by molar-refractivity contribution is 5.03. The number of hydrogen-bond donors (Lipinski definition) is 1. The fourth-order valence-corrected chi connectivity index (χ4v) is 3.61. The molecule has 0 saturated heterocycles. The molecule has 4 atom stereocenters. The minimum atomic E-state index is 0.353. The van der Waals surface area contributed by atoms with Crippen molar-refractivity contribution in [2.24, 2.45) is 23.5 Å². The Morgan fingerprint density at radius 3 is 2.70 bits per heavy atom. The van der Waals surface area contributed by atoms with Crippen LogP contribution in [0.15, 0.2) is 24.4 Å². The molecule has 0 amide bonds. The first-order chi connectivity index (χ1) is 9.60. The number of nitrogens with two attached hydrogens (primary N) is 1. The van der Waals surface area contributed by atoms with E-state index < -0.39 is 0 Å². The van der Waals surface area contributed by atoms with Crippen LogP contribution in [0.3, 0.4) is 0 Å². The summed E-state index contributed by atoms with van der Waals surface area (Å²) in [4.78, 5) is 6.92. The molecule has 20 heavy (non-hydrogen) atoms. The zero-order valence-electron chi connectivity index (χ0n) is 13.1. The van der Waals surface area contributed by atoms with E-state index in [-0.39, 0.29) is 0 Å². The van der Waals surface area contributed by atoms with E-state index >= 15 is 0 Å². The van der Waals surface area contributed by atoms with Gasteiger partial charge in [-0.1, -0.05) is 26.8 Å². The number of pyridine rings is 1. The van der Waals surface area contributed by atoms with E-state index in [2.05, 4.69) is 42.8 Å². The number of hydrogen-bond acceptors (Lipinski definition) is 3. The summed E-state index contributed by atoms with van der Waals surface area (Å²) in [7, 11) is 0. The average molecular weight is 275 g/mol. The predicted molar refractivity (Wildman–Crippen MR) is 84.2 cm³/mol. The molecular weight excluding hydrogens is 246 g/mol. The zero-order chi connectivity index (χ0) is 14.5. The summed E-state index contributed by atoms with van der Waals surface area (Å²) in [6, 6.07) is 6.49. The second-order valence-electron chi connectivity index (χ2n) is 6.53. The molecular formula is C17H29N3. The molecule has 0 aliphatic heterocycles. The molecule has 1 saturated carbocycles. The van der Waals surface area contributed by atoms with Gasteiger partial charge in [-0.3, -0.25) is 9.88 Å². The van der Waals surface area contributed by atoms with E-state index in [9.17, 15) is 0 Å². The summed E-state index contributed by atoms with van der Waals surface area (Å²) in [6.45, 7) is 10.0. The van der Waals surface area contributed by atoms with Crippen molar-refractivity contribution in [1.29, 1.82) is 0 Å². The molecule has 3 nitrogen and oxygen atoms in total. The van der Waals surface area contributed by atoms with Gasteiger partial charge >= 0.3 is 0 Å². The predicted octanol–water partition coefficient (Wildman–Crippen LogP) is 2.91. The molecule has 1 aliphatic rings. The lowest BCUT2D eigenvalue weighted by atomic mass is 9.72. The Kier molecular flexibility index (Phi) is 5.55. The Labute approximate surface area is 123 Å². The Hall–Kier alpha value is -0.930. The maximum absolute atomic E-state index is 6.41. The van der Waals surface area contributed by atoms with E-state index in [1.54, 1.807) is 0 Å². The molecule has 1 fully saturated rings. The van der Waals surface area contributed by atoms with Crippen molar-refractivity contribution in [3.05, 3.63) is 30.1 Å². The topological polar surface area (TPSA) is 42.2 Å². The van der Waals surface area contributed by atoms with E-state index in [4.69, 9.17) is 5.73 Å². The maximum Gasteiger partial charge on any atom is 0.0543 e. The fourth-order valence-electron chi connectivity index (χ4n) is 3.61. The van der Waals surface area contributed by atoms with Crippen molar-refractivity contribution in [2.75, 3.05) is 13.1 Å². The highest BCUT2D eigenvalue weighted by Gasteiger charge is 2.32. The van der Waals surface area contributed by atoms with E-state index in [0.29, 0.717) is 12.0 Å². The minimum absolute atomic E-state index is 0.353. The third-order valence-electron chi connectivity index (χ3n) is 4.76. The van der Waals surface area contributed by atoms with Gasteiger partial charge in [0.05, 0.1) is 5.69 Å². The Morgan fingerprint density at radius 2 is 2.10 bits per heavy atom. The highest BCUT2D eigenvalue weighted by atomic mass is 15.1. The van der Waals surface area contributed by atoms with Gasteiger partial charge in [0.2, 0.25) is 0 Å². The van der Waals surface area contributed by atoms with Crippen LogP contribution in [-0.2, 0) is 6.54 Å². The van der Waals surface area contributed by atoms with Gasteiger partial charge in [-0.15, -0.1) is 0 Å². The van der Waals surface area contributed by atoms with E-state index in [1.807, 2.05) is 12.3 Å². The monoisotopic (exact) mass is 275 g/mol. The maximum atomic E-state index is 6.41. The Bertz CT molecular complexity index is 380. The SMILES string of the molecule is CCN(Cc1ccccn1)CC1C(C)CC(C)CC1N. The van der Waals surface area contributed by atoms with Gasteiger partial charge in [-0.25, -0.2) is 0 Å². The summed E-state index contributed by atoms with van der Waals surface area (Å²) in [5, 5.41) is 0.